The maximum atomic E-state index is 8.44. The molecular formula is C3H7O2Sn. The van der Waals surface area contributed by atoms with Gasteiger partial charge in [-0.15, -0.1) is 0 Å². The molecule has 0 aliphatic rings. The van der Waals surface area contributed by atoms with Crippen LogP contribution >= 0.6 is 0 Å². The number of rotatable bonds is 2. The van der Waals surface area contributed by atoms with E-state index in [1.807, 2.05) is 0 Å². The fourth-order valence-electron chi connectivity index (χ4n) is 0.0645. The van der Waals surface area contributed by atoms with E-state index in [1.165, 1.54) is 22.5 Å². The molecule has 35 valence electrons. The average Bonchev–Trinajstić information content (AvgIpc) is 1.65. The third kappa shape index (κ3) is 2.93. The summed E-state index contributed by atoms with van der Waals surface area (Å²) in [6.45, 7) is -0.0921. The van der Waals surface area contributed by atoms with Crippen LogP contribution in [0.5, 0.6) is 0 Å². The van der Waals surface area contributed by atoms with Crippen LogP contribution in [0.4, 0.5) is 0 Å². The van der Waals surface area contributed by atoms with Crippen molar-refractivity contribution in [1.82, 2.24) is 0 Å². The van der Waals surface area contributed by atoms with Crippen LogP contribution in [0.2, 0.25) is 4.44 Å². The van der Waals surface area contributed by atoms with Gasteiger partial charge in [0.25, 0.3) is 0 Å². The standard InChI is InChI=1S/C3H7O2.Sn/c1-3(5)2-4;/h3-5H,1-2H2;. The van der Waals surface area contributed by atoms with E-state index in [4.69, 9.17) is 10.2 Å². The number of aliphatic hydroxyl groups excluding tert-OH is 2. The van der Waals surface area contributed by atoms with Crippen LogP contribution in [-0.2, 0) is 0 Å². The van der Waals surface area contributed by atoms with Gasteiger partial charge in [-0.1, -0.05) is 0 Å². The topological polar surface area (TPSA) is 40.5 Å². The van der Waals surface area contributed by atoms with Crippen LogP contribution in [0, 0.1) is 0 Å². The molecule has 0 amide bonds. The van der Waals surface area contributed by atoms with E-state index < -0.39 is 6.10 Å². The summed E-state index contributed by atoms with van der Waals surface area (Å²) in [7, 11) is 0. The molecule has 0 saturated heterocycles. The summed E-state index contributed by atoms with van der Waals surface area (Å²) in [6.07, 6.45) is -0.469. The zero-order chi connectivity index (χ0) is 4.99. The van der Waals surface area contributed by atoms with Crippen LogP contribution in [0.1, 0.15) is 0 Å². The van der Waals surface area contributed by atoms with Crippen molar-refractivity contribution < 1.29 is 10.2 Å². The van der Waals surface area contributed by atoms with Crippen molar-refractivity contribution >= 4 is 22.5 Å². The SMILES string of the molecule is OCC(O)[CH2][Sn]. The molecule has 0 saturated carbocycles. The molecule has 0 aliphatic heterocycles. The van der Waals surface area contributed by atoms with Gasteiger partial charge in [-0.2, -0.15) is 0 Å². The summed E-state index contributed by atoms with van der Waals surface area (Å²) >= 11 is 1.27. The van der Waals surface area contributed by atoms with E-state index in [-0.39, 0.29) is 6.61 Å². The Morgan fingerprint density at radius 2 is 2.17 bits per heavy atom. The molecule has 0 aromatic heterocycles. The number of hydrogen-bond donors (Lipinski definition) is 2. The molecule has 2 nitrogen and oxygen atoms in total. The Bertz CT molecular complexity index is 28.0. The molecule has 6 heavy (non-hydrogen) atoms. The maximum absolute atomic E-state index is 8.44. The van der Waals surface area contributed by atoms with Crippen molar-refractivity contribution in [2.75, 3.05) is 6.61 Å². The van der Waals surface area contributed by atoms with Crippen LogP contribution in [0.3, 0.4) is 0 Å². The minimum atomic E-state index is -0.469. The zero-order valence-electron chi connectivity index (χ0n) is 3.39. The van der Waals surface area contributed by atoms with Crippen LogP contribution in [0.25, 0.3) is 0 Å². The molecule has 3 heteroatoms. The fourth-order valence-corrected chi connectivity index (χ4v) is 0.433. The van der Waals surface area contributed by atoms with Gasteiger partial charge in [0.15, 0.2) is 0 Å². The molecule has 0 bridgehead atoms. The van der Waals surface area contributed by atoms with Gasteiger partial charge in [0.1, 0.15) is 0 Å². The summed E-state index contributed by atoms with van der Waals surface area (Å²) < 4.78 is 0.725. The van der Waals surface area contributed by atoms with Gasteiger partial charge in [-0.3, -0.25) is 0 Å². The number of hydrogen-bond acceptors (Lipinski definition) is 2. The summed E-state index contributed by atoms with van der Waals surface area (Å²) in [6, 6.07) is 0. The predicted octanol–water partition coefficient (Wildman–Crippen LogP) is -1.07. The Labute approximate surface area is 50.3 Å². The Morgan fingerprint density at radius 1 is 1.67 bits per heavy atom. The van der Waals surface area contributed by atoms with E-state index >= 15 is 0 Å². The molecule has 0 fully saturated rings. The second-order valence-electron chi connectivity index (χ2n) is 1.04. The van der Waals surface area contributed by atoms with Gasteiger partial charge in [0.05, 0.1) is 0 Å². The van der Waals surface area contributed by atoms with Gasteiger partial charge < -0.3 is 0 Å². The quantitative estimate of drug-likeness (QED) is 0.549. The minimum absolute atomic E-state index is 0.0921. The van der Waals surface area contributed by atoms with Crippen molar-refractivity contribution in [3.8, 4) is 0 Å². The Balaban J connectivity index is 2.75. The van der Waals surface area contributed by atoms with Crippen molar-refractivity contribution in [2.24, 2.45) is 0 Å². The van der Waals surface area contributed by atoms with Crippen molar-refractivity contribution in [1.29, 1.82) is 0 Å². The normalized spacial score (nSPS) is 14.5. The molecule has 1 unspecified atom stereocenters. The first kappa shape index (κ1) is 6.72. The third-order valence-corrected chi connectivity index (χ3v) is 1.79. The van der Waals surface area contributed by atoms with Gasteiger partial charge in [-0.25, -0.2) is 0 Å². The van der Waals surface area contributed by atoms with Crippen LogP contribution < -0.4 is 0 Å². The van der Waals surface area contributed by atoms with Crippen molar-refractivity contribution in [2.45, 2.75) is 10.5 Å². The predicted molar refractivity (Wildman–Crippen MR) is 23.7 cm³/mol. The van der Waals surface area contributed by atoms with Gasteiger partial charge in [0, 0.05) is 0 Å². The van der Waals surface area contributed by atoms with Gasteiger partial charge >= 0.3 is 49.9 Å². The van der Waals surface area contributed by atoms with Crippen molar-refractivity contribution in [3.05, 3.63) is 0 Å². The zero-order valence-corrected chi connectivity index (χ0v) is 6.24. The van der Waals surface area contributed by atoms with Crippen LogP contribution in [-0.4, -0.2) is 45.4 Å². The Morgan fingerprint density at radius 3 is 2.17 bits per heavy atom. The molecule has 0 heterocycles. The van der Waals surface area contributed by atoms with E-state index in [0.717, 1.165) is 4.44 Å². The third-order valence-electron chi connectivity index (χ3n) is 0.446. The molecule has 0 spiro atoms. The van der Waals surface area contributed by atoms with E-state index in [2.05, 4.69) is 0 Å². The van der Waals surface area contributed by atoms with Crippen molar-refractivity contribution in [3.63, 3.8) is 0 Å². The molecular weight excluding hydrogens is 187 g/mol. The van der Waals surface area contributed by atoms with Gasteiger partial charge in [-0.05, 0) is 0 Å². The second-order valence-corrected chi connectivity index (χ2v) is 2.21. The molecule has 0 aromatic carbocycles. The second kappa shape index (κ2) is 3.89. The molecule has 0 rings (SSSR count). The molecule has 0 aromatic rings. The van der Waals surface area contributed by atoms with E-state index in [0.29, 0.717) is 0 Å². The summed E-state index contributed by atoms with van der Waals surface area (Å²) in [5.74, 6) is 0. The first-order chi connectivity index (χ1) is 2.81. The summed E-state index contributed by atoms with van der Waals surface area (Å²) in [5, 5.41) is 16.5. The summed E-state index contributed by atoms with van der Waals surface area (Å²) in [5.41, 5.74) is 0. The van der Waals surface area contributed by atoms with E-state index in [9.17, 15) is 0 Å². The first-order valence-electron chi connectivity index (χ1n) is 1.74. The monoisotopic (exact) mass is 195 g/mol. The first-order valence-corrected chi connectivity index (χ1v) is 3.76. The molecule has 2 N–H and O–H groups in total. The molecule has 3 radical (unpaired) electrons. The van der Waals surface area contributed by atoms with E-state index in [1.54, 1.807) is 0 Å². The fraction of sp³-hybridized carbons (Fsp3) is 1.00. The molecule has 1 atom stereocenters. The average molecular weight is 194 g/mol. The Kier molecular flexibility index (Phi) is 4.36. The summed E-state index contributed by atoms with van der Waals surface area (Å²) in [4.78, 5) is 0. The van der Waals surface area contributed by atoms with Crippen LogP contribution in [0.15, 0.2) is 0 Å². The Hall–Kier alpha value is 0.719. The van der Waals surface area contributed by atoms with Gasteiger partial charge in [0.2, 0.25) is 0 Å². The molecule has 0 aliphatic carbocycles. The number of aliphatic hydroxyl groups is 2.